The van der Waals surface area contributed by atoms with Crippen LogP contribution in [0.15, 0.2) is 54.6 Å². The maximum atomic E-state index is 11.8. The summed E-state index contributed by atoms with van der Waals surface area (Å²) in [5.41, 5.74) is 1.69. The number of anilines is 1. The minimum absolute atomic E-state index is 0.175. The van der Waals surface area contributed by atoms with Gasteiger partial charge in [0.15, 0.2) is 0 Å². The Morgan fingerprint density at radius 2 is 1.67 bits per heavy atom. The normalized spacial score (nSPS) is 9.76. The van der Waals surface area contributed by atoms with Crippen molar-refractivity contribution in [3.63, 3.8) is 0 Å². The van der Waals surface area contributed by atoms with Crippen LogP contribution in [-0.4, -0.2) is 19.0 Å². The van der Waals surface area contributed by atoms with Crippen molar-refractivity contribution in [1.29, 1.82) is 0 Å². The van der Waals surface area contributed by atoms with E-state index in [-0.39, 0.29) is 12.5 Å². The van der Waals surface area contributed by atoms with E-state index in [1.54, 1.807) is 24.3 Å². The van der Waals surface area contributed by atoms with Crippen LogP contribution in [0.1, 0.15) is 15.9 Å². The van der Waals surface area contributed by atoms with E-state index in [1.807, 2.05) is 30.3 Å². The smallest absolute Gasteiger partial charge is 0.411 e. The molecule has 0 heterocycles. The van der Waals surface area contributed by atoms with E-state index < -0.39 is 6.09 Å². The Hall–Kier alpha value is -2.82. The zero-order chi connectivity index (χ0) is 15.1. The lowest BCUT2D eigenvalue weighted by Gasteiger charge is -2.10. The summed E-state index contributed by atoms with van der Waals surface area (Å²) in [5.74, 6) is -0.269. The average molecular weight is 284 g/mol. The van der Waals surface area contributed by atoms with Crippen molar-refractivity contribution in [3.05, 3.63) is 65.7 Å². The van der Waals surface area contributed by atoms with Crippen LogP contribution < -0.4 is 10.6 Å². The first-order valence-corrected chi connectivity index (χ1v) is 6.49. The number of carbonyl (C=O) groups is 2. The standard InChI is InChI=1S/C16H16N2O3/c1-17-15(19)13-9-5-6-10-14(13)18-16(20)21-11-12-7-3-2-4-8-12/h2-10H,11H2,1H3,(H,17,19)(H,18,20). The SMILES string of the molecule is CNC(=O)c1ccccc1NC(=O)OCc1ccccc1. The fourth-order valence-corrected chi connectivity index (χ4v) is 1.79. The molecule has 2 amide bonds. The van der Waals surface area contributed by atoms with Crippen molar-refractivity contribution in [1.82, 2.24) is 5.32 Å². The highest BCUT2D eigenvalue weighted by atomic mass is 16.5. The molecule has 21 heavy (non-hydrogen) atoms. The maximum Gasteiger partial charge on any atom is 0.411 e. The molecule has 0 bridgehead atoms. The molecule has 0 aliphatic carbocycles. The highest BCUT2D eigenvalue weighted by Gasteiger charge is 2.12. The van der Waals surface area contributed by atoms with Crippen LogP contribution in [0.5, 0.6) is 0 Å². The number of hydrogen-bond acceptors (Lipinski definition) is 3. The molecule has 108 valence electrons. The first-order chi connectivity index (χ1) is 10.2. The second-order valence-electron chi connectivity index (χ2n) is 4.31. The van der Waals surface area contributed by atoms with Crippen molar-refractivity contribution in [2.75, 3.05) is 12.4 Å². The van der Waals surface area contributed by atoms with E-state index in [0.29, 0.717) is 11.3 Å². The van der Waals surface area contributed by atoms with Crippen LogP contribution in [0.3, 0.4) is 0 Å². The fraction of sp³-hybridized carbons (Fsp3) is 0.125. The molecule has 0 spiro atoms. The summed E-state index contributed by atoms with van der Waals surface area (Å²) in [6, 6.07) is 16.1. The number of hydrogen-bond donors (Lipinski definition) is 2. The molecule has 0 aromatic heterocycles. The van der Waals surface area contributed by atoms with E-state index in [9.17, 15) is 9.59 Å². The molecule has 0 aliphatic rings. The molecule has 5 nitrogen and oxygen atoms in total. The van der Waals surface area contributed by atoms with Gasteiger partial charge in [0.25, 0.3) is 5.91 Å². The average Bonchev–Trinajstić information content (AvgIpc) is 2.54. The summed E-state index contributed by atoms with van der Waals surface area (Å²) >= 11 is 0. The van der Waals surface area contributed by atoms with Crippen molar-refractivity contribution >= 4 is 17.7 Å². The number of amides is 2. The molecular weight excluding hydrogens is 268 g/mol. The van der Waals surface area contributed by atoms with Crippen LogP contribution in [-0.2, 0) is 11.3 Å². The highest BCUT2D eigenvalue weighted by Crippen LogP contribution is 2.15. The monoisotopic (exact) mass is 284 g/mol. The van der Waals surface area contributed by atoms with Gasteiger partial charge >= 0.3 is 6.09 Å². The van der Waals surface area contributed by atoms with Gasteiger partial charge in [0, 0.05) is 7.05 Å². The van der Waals surface area contributed by atoms with Crippen molar-refractivity contribution in [2.24, 2.45) is 0 Å². The van der Waals surface area contributed by atoms with Crippen molar-refractivity contribution < 1.29 is 14.3 Å². The fourth-order valence-electron chi connectivity index (χ4n) is 1.79. The Bertz CT molecular complexity index is 626. The summed E-state index contributed by atoms with van der Waals surface area (Å²) in [7, 11) is 1.53. The number of carbonyl (C=O) groups excluding carboxylic acids is 2. The minimum atomic E-state index is -0.602. The maximum absolute atomic E-state index is 11.8. The number of ether oxygens (including phenoxy) is 1. The first-order valence-electron chi connectivity index (χ1n) is 6.49. The quantitative estimate of drug-likeness (QED) is 0.907. The number of benzene rings is 2. The van der Waals surface area contributed by atoms with Crippen LogP contribution >= 0.6 is 0 Å². The lowest BCUT2D eigenvalue weighted by molar-refractivity contribution is 0.0964. The molecule has 2 rings (SSSR count). The molecule has 0 radical (unpaired) electrons. The lowest BCUT2D eigenvalue weighted by Crippen LogP contribution is -2.21. The van der Waals surface area contributed by atoms with E-state index in [2.05, 4.69) is 10.6 Å². The van der Waals surface area contributed by atoms with E-state index in [4.69, 9.17) is 4.74 Å². The molecule has 5 heteroatoms. The lowest BCUT2D eigenvalue weighted by atomic mass is 10.1. The molecule has 0 unspecified atom stereocenters. The molecule has 0 fully saturated rings. The first kappa shape index (κ1) is 14.6. The summed E-state index contributed by atoms with van der Waals surface area (Å²) in [4.78, 5) is 23.5. The van der Waals surface area contributed by atoms with E-state index in [1.165, 1.54) is 7.05 Å². The van der Waals surface area contributed by atoms with Gasteiger partial charge in [-0.05, 0) is 17.7 Å². The number of nitrogens with one attached hydrogen (secondary N) is 2. The van der Waals surface area contributed by atoms with E-state index in [0.717, 1.165) is 5.56 Å². The van der Waals surface area contributed by atoms with Crippen LogP contribution in [0.4, 0.5) is 10.5 Å². The molecule has 2 aromatic carbocycles. The highest BCUT2D eigenvalue weighted by molar-refractivity contribution is 6.02. The predicted molar refractivity (Wildman–Crippen MR) is 80.1 cm³/mol. The Kier molecular flexibility index (Phi) is 4.93. The zero-order valence-corrected chi connectivity index (χ0v) is 11.6. The van der Waals surface area contributed by atoms with Gasteiger partial charge in [-0.1, -0.05) is 42.5 Å². The Morgan fingerprint density at radius 3 is 2.38 bits per heavy atom. The predicted octanol–water partition coefficient (Wildman–Crippen LogP) is 2.79. The number of rotatable bonds is 4. The third kappa shape index (κ3) is 4.07. The third-order valence-corrected chi connectivity index (χ3v) is 2.85. The van der Waals surface area contributed by atoms with Crippen LogP contribution in [0.2, 0.25) is 0 Å². The molecular formula is C16H16N2O3. The van der Waals surface area contributed by atoms with Gasteiger partial charge in [-0.25, -0.2) is 4.79 Å². The minimum Gasteiger partial charge on any atom is -0.444 e. The molecule has 0 aliphatic heterocycles. The Balaban J connectivity index is 1.98. The van der Waals surface area contributed by atoms with Gasteiger partial charge in [-0.3, -0.25) is 10.1 Å². The van der Waals surface area contributed by atoms with Gasteiger partial charge in [0.2, 0.25) is 0 Å². The molecule has 0 saturated carbocycles. The summed E-state index contributed by atoms with van der Waals surface area (Å²) < 4.78 is 5.12. The van der Waals surface area contributed by atoms with Crippen molar-refractivity contribution in [2.45, 2.75) is 6.61 Å². The Morgan fingerprint density at radius 1 is 1.00 bits per heavy atom. The van der Waals surface area contributed by atoms with Crippen LogP contribution in [0, 0.1) is 0 Å². The van der Waals surface area contributed by atoms with E-state index >= 15 is 0 Å². The summed E-state index contributed by atoms with van der Waals surface area (Å²) in [5, 5.41) is 5.10. The molecule has 0 atom stereocenters. The van der Waals surface area contributed by atoms with Gasteiger partial charge < -0.3 is 10.1 Å². The zero-order valence-electron chi connectivity index (χ0n) is 11.6. The Labute approximate surface area is 122 Å². The van der Waals surface area contributed by atoms with Gasteiger partial charge in [-0.15, -0.1) is 0 Å². The second-order valence-corrected chi connectivity index (χ2v) is 4.31. The number of para-hydroxylation sites is 1. The second kappa shape index (κ2) is 7.09. The molecule has 2 aromatic rings. The third-order valence-electron chi connectivity index (χ3n) is 2.85. The largest absolute Gasteiger partial charge is 0.444 e. The van der Waals surface area contributed by atoms with Crippen molar-refractivity contribution in [3.8, 4) is 0 Å². The molecule has 2 N–H and O–H groups in total. The van der Waals surface area contributed by atoms with Gasteiger partial charge in [-0.2, -0.15) is 0 Å². The topological polar surface area (TPSA) is 67.4 Å². The molecule has 0 saturated heterocycles. The summed E-state index contributed by atoms with van der Waals surface area (Å²) in [6.45, 7) is 0.175. The van der Waals surface area contributed by atoms with Gasteiger partial charge in [0.1, 0.15) is 6.61 Å². The summed E-state index contributed by atoms with van der Waals surface area (Å²) in [6.07, 6.45) is -0.602. The van der Waals surface area contributed by atoms with Crippen LogP contribution in [0.25, 0.3) is 0 Å². The van der Waals surface area contributed by atoms with Gasteiger partial charge in [0.05, 0.1) is 11.3 Å².